The van der Waals surface area contributed by atoms with Gasteiger partial charge in [0.25, 0.3) is 0 Å². The molecule has 2 rings (SSSR count). The minimum absolute atomic E-state index is 0.240. The fourth-order valence-corrected chi connectivity index (χ4v) is 1.77. The highest BCUT2D eigenvalue weighted by molar-refractivity contribution is 5.98. The molecule has 1 heteroatoms. The summed E-state index contributed by atoms with van der Waals surface area (Å²) in [4.78, 5) is 10.9. The molecule has 0 atom stereocenters. The van der Waals surface area contributed by atoms with E-state index in [9.17, 15) is 4.79 Å². The smallest absolute Gasteiger partial charge is 0.159 e. The van der Waals surface area contributed by atoms with Gasteiger partial charge in [0.2, 0.25) is 0 Å². The molecule has 2 bridgehead atoms. The van der Waals surface area contributed by atoms with E-state index >= 15 is 0 Å². The molecule has 0 aromatic heterocycles. The maximum absolute atomic E-state index is 10.9. The van der Waals surface area contributed by atoms with Crippen molar-refractivity contribution >= 4 is 5.78 Å². The summed E-state index contributed by atoms with van der Waals surface area (Å²) in [5.74, 6) is 0.240. The number of ketones is 1. The zero-order valence-electron chi connectivity index (χ0n) is 6.11. The SMILES string of the molecule is CC(=O)C1=C2CCC(=C1)C2. The molecule has 0 aromatic carbocycles. The van der Waals surface area contributed by atoms with Crippen LogP contribution in [-0.2, 0) is 4.79 Å². The normalized spacial score (nSPS) is 21.9. The molecule has 0 amide bonds. The largest absolute Gasteiger partial charge is 0.295 e. The van der Waals surface area contributed by atoms with E-state index in [4.69, 9.17) is 0 Å². The third-order valence-corrected chi connectivity index (χ3v) is 2.30. The molecule has 1 nitrogen and oxygen atoms in total. The lowest BCUT2D eigenvalue weighted by Crippen LogP contribution is -1.95. The van der Waals surface area contributed by atoms with Crippen LogP contribution in [0.4, 0.5) is 0 Å². The van der Waals surface area contributed by atoms with Crippen LogP contribution in [0, 0.1) is 0 Å². The van der Waals surface area contributed by atoms with Crippen LogP contribution in [0.2, 0.25) is 0 Å². The fourth-order valence-electron chi connectivity index (χ4n) is 1.77. The molecular weight excluding hydrogens is 124 g/mol. The van der Waals surface area contributed by atoms with Crippen LogP contribution in [0.25, 0.3) is 0 Å². The van der Waals surface area contributed by atoms with Gasteiger partial charge < -0.3 is 0 Å². The van der Waals surface area contributed by atoms with Crippen LogP contribution in [-0.4, -0.2) is 5.78 Å². The molecule has 0 spiro atoms. The lowest BCUT2D eigenvalue weighted by molar-refractivity contribution is -0.113. The minimum atomic E-state index is 0.240. The van der Waals surface area contributed by atoms with E-state index in [-0.39, 0.29) is 5.78 Å². The Hall–Kier alpha value is -0.850. The van der Waals surface area contributed by atoms with Crippen molar-refractivity contribution in [2.75, 3.05) is 0 Å². The number of Topliss-reactive ketones (excluding diaryl/α,β-unsaturated/α-hetero) is 1. The quantitative estimate of drug-likeness (QED) is 0.536. The maximum atomic E-state index is 10.9. The first-order valence-corrected chi connectivity index (χ1v) is 3.70. The molecule has 0 unspecified atom stereocenters. The predicted molar refractivity (Wildman–Crippen MR) is 39.6 cm³/mol. The standard InChI is InChI=1S/C9H10O/c1-6(10)9-5-7-2-3-8(9)4-7/h5H,2-4H2,1H3. The second kappa shape index (κ2) is 1.82. The highest BCUT2D eigenvalue weighted by Crippen LogP contribution is 2.39. The molecule has 0 radical (unpaired) electrons. The van der Waals surface area contributed by atoms with E-state index in [0.29, 0.717) is 0 Å². The first kappa shape index (κ1) is 5.90. The van der Waals surface area contributed by atoms with E-state index in [1.165, 1.54) is 17.6 Å². The Morgan fingerprint density at radius 3 is 2.60 bits per heavy atom. The summed E-state index contributed by atoms with van der Waals surface area (Å²) in [6.45, 7) is 1.65. The molecule has 2 aliphatic carbocycles. The van der Waals surface area contributed by atoms with Crippen LogP contribution in [0.3, 0.4) is 0 Å². The van der Waals surface area contributed by atoms with Gasteiger partial charge in [-0.15, -0.1) is 0 Å². The van der Waals surface area contributed by atoms with Gasteiger partial charge in [-0.1, -0.05) is 17.2 Å². The lowest BCUT2D eigenvalue weighted by Gasteiger charge is -2.00. The summed E-state index contributed by atoms with van der Waals surface area (Å²) in [6, 6.07) is 0. The van der Waals surface area contributed by atoms with Gasteiger partial charge in [0.15, 0.2) is 5.78 Å². The number of fused-ring (bicyclic) bond motifs is 2. The van der Waals surface area contributed by atoms with Crippen molar-refractivity contribution in [2.24, 2.45) is 0 Å². The lowest BCUT2D eigenvalue weighted by atomic mass is 10.0. The molecule has 2 aliphatic rings. The highest BCUT2D eigenvalue weighted by Gasteiger charge is 2.23. The summed E-state index contributed by atoms with van der Waals surface area (Å²) in [5.41, 5.74) is 3.84. The monoisotopic (exact) mass is 134 g/mol. The van der Waals surface area contributed by atoms with Gasteiger partial charge >= 0.3 is 0 Å². The van der Waals surface area contributed by atoms with Crippen molar-refractivity contribution in [3.05, 3.63) is 22.8 Å². The van der Waals surface area contributed by atoms with Crippen LogP contribution in [0.5, 0.6) is 0 Å². The molecule has 1 fully saturated rings. The Labute approximate surface area is 60.4 Å². The van der Waals surface area contributed by atoms with Crippen molar-refractivity contribution in [2.45, 2.75) is 26.2 Å². The third-order valence-electron chi connectivity index (χ3n) is 2.30. The summed E-state index contributed by atoms with van der Waals surface area (Å²) in [5, 5.41) is 0. The second-order valence-corrected chi connectivity index (χ2v) is 3.05. The number of rotatable bonds is 1. The first-order chi connectivity index (χ1) is 4.77. The van der Waals surface area contributed by atoms with Crippen molar-refractivity contribution in [1.82, 2.24) is 0 Å². The van der Waals surface area contributed by atoms with Crippen LogP contribution in [0.15, 0.2) is 22.8 Å². The molecule has 0 saturated heterocycles. The van der Waals surface area contributed by atoms with E-state index in [1.54, 1.807) is 6.92 Å². The van der Waals surface area contributed by atoms with E-state index in [1.807, 2.05) is 0 Å². The number of carbonyl (C=O) groups is 1. The van der Waals surface area contributed by atoms with E-state index < -0.39 is 0 Å². The summed E-state index contributed by atoms with van der Waals surface area (Å²) in [6.07, 6.45) is 5.50. The number of hydrogen-bond acceptors (Lipinski definition) is 1. The van der Waals surface area contributed by atoms with E-state index in [0.717, 1.165) is 18.4 Å². The molecular formula is C9H10O. The van der Waals surface area contributed by atoms with Gasteiger partial charge in [-0.05, 0) is 26.2 Å². The van der Waals surface area contributed by atoms with Crippen LogP contribution >= 0.6 is 0 Å². The predicted octanol–water partition coefficient (Wildman–Crippen LogP) is 2.00. The molecule has 10 heavy (non-hydrogen) atoms. The Morgan fingerprint density at radius 1 is 1.50 bits per heavy atom. The topological polar surface area (TPSA) is 17.1 Å². The van der Waals surface area contributed by atoms with Gasteiger partial charge in [-0.25, -0.2) is 0 Å². The summed E-state index contributed by atoms with van der Waals surface area (Å²) < 4.78 is 0. The van der Waals surface area contributed by atoms with Gasteiger partial charge in [-0.3, -0.25) is 4.79 Å². The minimum Gasteiger partial charge on any atom is -0.295 e. The van der Waals surface area contributed by atoms with Crippen LogP contribution in [0.1, 0.15) is 26.2 Å². The van der Waals surface area contributed by atoms with Gasteiger partial charge in [0.1, 0.15) is 0 Å². The first-order valence-electron chi connectivity index (χ1n) is 3.70. The van der Waals surface area contributed by atoms with Crippen LogP contribution < -0.4 is 0 Å². The molecule has 0 aromatic rings. The van der Waals surface area contributed by atoms with Gasteiger partial charge in [0.05, 0.1) is 0 Å². The van der Waals surface area contributed by atoms with Gasteiger partial charge in [0, 0.05) is 5.57 Å². The zero-order valence-corrected chi connectivity index (χ0v) is 6.11. The summed E-state index contributed by atoms with van der Waals surface area (Å²) >= 11 is 0. The molecule has 0 aliphatic heterocycles. The zero-order chi connectivity index (χ0) is 7.14. The van der Waals surface area contributed by atoms with E-state index in [2.05, 4.69) is 6.08 Å². The third kappa shape index (κ3) is 0.666. The molecule has 1 saturated carbocycles. The molecule has 52 valence electrons. The number of allylic oxidation sites excluding steroid dienone is 4. The van der Waals surface area contributed by atoms with Crippen molar-refractivity contribution in [1.29, 1.82) is 0 Å². The van der Waals surface area contributed by atoms with Crippen molar-refractivity contribution in [3.63, 3.8) is 0 Å². The van der Waals surface area contributed by atoms with Crippen molar-refractivity contribution < 1.29 is 4.79 Å². The number of hydrogen-bond donors (Lipinski definition) is 0. The average molecular weight is 134 g/mol. The fraction of sp³-hybridized carbons (Fsp3) is 0.444. The number of carbonyl (C=O) groups excluding carboxylic acids is 1. The molecule has 0 heterocycles. The Kier molecular flexibility index (Phi) is 1.07. The maximum Gasteiger partial charge on any atom is 0.159 e. The highest BCUT2D eigenvalue weighted by atomic mass is 16.1. The average Bonchev–Trinajstić information content (AvgIpc) is 2.44. The molecule has 0 N–H and O–H groups in total. The Bertz CT molecular complexity index is 256. The van der Waals surface area contributed by atoms with Crippen molar-refractivity contribution in [3.8, 4) is 0 Å². The second-order valence-electron chi connectivity index (χ2n) is 3.05. The Balaban J connectivity index is 2.40. The Morgan fingerprint density at radius 2 is 2.30 bits per heavy atom. The summed E-state index contributed by atoms with van der Waals surface area (Å²) in [7, 11) is 0. The van der Waals surface area contributed by atoms with Gasteiger partial charge in [-0.2, -0.15) is 0 Å².